The molecule has 0 spiro atoms. The molecular formula is C13H19ClN2. The minimum absolute atomic E-state index is 0.611. The summed E-state index contributed by atoms with van der Waals surface area (Å²) in [6.07, 6.45) is 12.6. The zero-order valence-electron chi connectivity index (χ0n) is 9.66. The zero-order chi connectivity index (χ0) is 11.0. The number of hydrogen-bond acceptors (Lipinski definition) is 1. The maximum absolute atomic E-state index is 6.29. The number of halogens is 1. The number of nitrogens with zero attached hydrogens (tertiary/aromatic N) is 2. The normalized spacial score (nSPS) is 23.3. The van der Waals surface area contributed by atoms with E-state index in [4.69, 9.17) is 16.7 Å². The predicted octanol–water partition coefficient (Wildman–Crippen LogP) is 4.31. The van der Waals surface area contributed by atoms with Crippen molar-refractivity contribution in [1.82, 2.24) is 9.78 Å². The minimum Gasteiger partial charge on any atom is -0.268 e. The van der Waals surface area contributed by atoms with Gasteiger partial charge >= 0.3 is 0 Å². The van der Waals surface area contributed by atoms with Crippen LogP contribution in [0.15, 0.2) is 6.20 Å². The van der Waals surface area contributed by atoms with Gasteiger partial charge in [-0.15, -0.1) is 0 Å². The summed E-state index contributed by atoms with van der Waals surface area (Å²) in [7, 11) is 0. The third-order valence-corrected chi connectivity index (χ3v) is 4.45. The standard InChI is InChI=1S/C13H19ClN2/c14-12-9-16(11-7-2-1-3-8-11)15-13(12)10-5-4-6-10/h9-11H,1-8H2. The molecule has 2 fully saturated rings. The van der Waals surface area contributed by atoms with E-state index in [9.17, 15) is 0 Å². The van der Waals surface area contributed by atoms with Crippen molar-refractivity contribution in [1.29, 1.82) is 0 Å². The van der Waals surface area contributed by atoms with Gasteiger partial charge in [0.2, 0.25) is 0 Å². The van der Waals surface area contributed by atoms with Gasteiger partial charge in [0, 0.05) is 12.1 Å². The molecule has 2 aliphatic carbocycles. The summed E-state index contributed by atoms with van der Waals surface area (Å²) in [5.41, 5.74) is 1.17. The molecule has 88 valence electrons. The molecule has 1 aromatic rings. The Bertz CT molecular complexity index is 362. The first-order chi connectivity index (χ1) is 7.84. The molecule has 0 aliphatic heterocycles. The molecule has 2 aliphatic rings. The quantitative estimate of drug-likeness (QED) is 0.751. The fourth-order valence-corrected chi connectivity index (χ4v) is 3.17. The van der Waals surface area contributed by atoms with E-state index in [1.807, 2.05) is 0 Å². The lowest BCUT2D eigenvalue weighted by molar-refractivity contribution is 0.322. The summed E-state index contributed by atoms with van der Waals surface area (Å²) in [6, 6.07) is 0.611. The molecule has 2 saturated carbocycles. The van der Waals surface area contributed by atoms with Gasteiger partial charge in [0.05, 0.1) is 16.8 Å². The van der Waals surface area contributed by atoms with E-state index in [0.717, 1.165) is 5.02 Å². The monoisotopic (exact) mass is 238 g/mol. The van der Waals surface area contributed by atoms with E-state index >= 15 is 0 Å². The Hall–Kier alpha value is -0.500. The van der Waals surface area contributed by atoms with E-state index in [2.05, 4.69) is 10.9 Å². The second-order valence-corrected chi connectivity index (χ2v) is 5.67. The second-order valence-electron chi connectivity index (χ2n) is 5.26. The molecule has 0 bridgehead atoms. The van der Waals surface area contributed by atoms with Crippen molar-refractivity contribution in [3.05, 3.63) is 16.9 Å². The average molecular weight is 239 g/mol. The Kier molecular flexibility index (Phi) is 2.93. The third-order valence-electron chi connectivity index (χ3n) is 4.15. The highest BCUT2D eigenvalue weighted by molar-refractivity contribution is 6.31. The first kappa shape index (κ1) is 10.6. The van der Waals surface area contributed by atoms with Crippen molar-refractivity contribution in [2.75, 3.05) is 0 Å². The molecule has 0 amide bonds. The van der Waals surface area contributed by atoms with Crippen LogP contribution >= 0.6 is 11.6 Å². The van der Waals surface area contributed by atoms with Crippen LogP contribution < -0.4 is 0 Å². The molecule has 16 heavy (non-hydrogen) atoms. The van der Waals surface area contributed by atoms with E-state index in [-0.39, 0.29) is 0 Å². The van der Waals surface area contributed by atoms with Gasteiger partial charge in [-0.25, -0.2) is 0 Å². The second kappa shape index (κ2) is 4.40. The number of hydrogen-bond donors (Lipinski definition) is 0. The van der Waals surface area contributed by atoms with Crippen LogP contribution in [-0.2, 0) is 0 Å². The highest BCUT2D eigenvalue weighted by Gasteiger charge is 2.26. The predicted molar refractivity (Wildman–Crippen MR) is 66.0 cm³/mol. The first-order valence-electron chi connectivity index (χ1n) is 6.59. The number of aromatic nitrogens is 2. The highest BCUT2D eigenvalue weighted by Crippen LogP contribution is 2.39. The van der Waals surface area contributed by atoms with Gasteiger partial charge in [0.25, 0.3) is 0 Å². The van der Waals surface area contributed by atoms with Crippen LogP contribution in [0.1, 0.15) is 69.0 Å². The smallest absolute Gasteiger partial charge is 0.0841 e. The molecule has 0 aromatic carbocycles. The Morgan fingerprint density at radius 3 is 2.44 bits per heavy atom. The zero-order valence-corrected chi connectivity index (χ0v) is 10.4. The van der Waals surface area contributed by atoms with Gasteiger partial charge in [-0.3, -0.25) is 4.68 Å². The summed E-state index contributed by atoms with van der Waals surface area (Å²) in [5.74, 6) is 0.650. The van der Waals surface area contributed by atoms with Gasteiger partial charge in [0.1, 0.15) is 0 Å². The fourth-order valence-electron chi connectivity index (χ4n) is 2.87. The largest absolute Gasteiger partial charge is 0.268 e. The maximum atomic E-state index is 6.29. The van der Waals surface area contributed by atoms with E-state index in [1.54, 1.807) is 0 Å². The molecule has 0 unspecified atom stereocenters. The molecule has 0 radical (unpaired) electrons. The summed E-state index contributed by atoms with van der Waals surface area (Å²) < 4.78 is 2.15. The third kappa shape index (κ3) is 1.88. The molecule has 1 aromatic heterocycles. The van der Waals surface area contributed by atoms with Gasteiger partial charge in [-0.2, -0.15) is 5.10 Å². The molecule has 3 rings (SSSR count). The van der Waals surface area contributed by atoms with Crippen molar-refractivity contribution in [3.63, 3.8) is 0 Å². The van der Waals surface area contributed by atoms with Crippen molar-refractivity contribution in [2.24, 2.45) is 0 Å². The lowest BCUT2D eigenvalue weighted by Crippen LogP contribution is -2.15. The van der Waals surface area contributed by atoms with Crippen molar-refractivity contribution in [3.8, 4) is 0 Å². The summed E-state index contributed by atoms with van der Waals surface area (Å²) in [4.78, 5) is 0. The number of rotatable bonds is 2. The van der Waals surface area contributed by atoms with Crippen LogP contribution in [0.5, 0.6) is 0 Å². The van der Waals surface area contributed by atoms with Gasteiger partial charge < -0.3 is 0 Å². The van der Waals surface area contributed by atoms with Crippen LogP contribution in [-0.4, -0.2) is 9.78 Å². The van der Waals surface area contributed by atoms with E-state index < -0.39 is 0 Å². The molecule has 0 saturated heterocycles. The lowest BCUT2D eigenvalue weighted by Gasteiger charge is -2.24. The summed E-state index contributed by atoms with van der Waals surface area (Å²) in [6.45, 7) is 0. The van der Waals surface area contributed by atoms with Gasteiger partial charge in [0.15, 0.2) is 0 Å². The van der Waals surface area contributed by atoms with E-state index in [1.165, 1.54) is 57.1 Å². The van der Waals surface area contributed by atoms with E-state index in [0.29, 0.717) is 12.0 Å². The van der Waals surface area contributed by atoms with Crippen LogP contribution in [0, 0.1) is 0 Å². The molecule has 2 nitrogen and oxygen atoms in total. The van der Waals surface area contributed by atoms with Gasteiger partial charge in [-0.05, 0) is 25.7 Å². The van der Waals surface area contributed by atoms with Crippen LogP contribution in [0.25, 0.3) is 0 Å². The Labute approximate surface area is 102 Å². The summed E-state index contributed by atoms with van der Waals surface area (Å²) in [5, 5.41) is 5.64. The molecule has 3 heteroatoms. The lowest BCUT2D eigenvalue weighted by atomic mass is 9.83. The van der Waals surface area contributed by atoms with Crippen molar-refractivity contribution in [2.45, 2.75) is 63.3 Å². The topological polar surface area (TPSA) is 17.8 Å². The van der Waals surface area contributed by atoms with Crippen LogP contribution in [0.3, 0.4) is 0 Å². The molecule has 1 heterocycles. The Morgan fingerprint density at radius 1 is 1.06 bits per heavy atom. The van der Waals surface area contributed by atoms with Gasteiger partial charge in [-0.1, -0.05) is 37.3 Å². The molecule has 0 N–H and O–H groups in total. The molecular weight excluding hydrogens is 220 g/mol. The minimum atomic E-state index is 0.611. The fraction of sp³-hybridized carbons (Fsp3) is 0.769. The SMILES string of the molecule is Clc1cn(C2CCCCC2)nc1C1CCC1. The Balaban J connectivity index is 1.79. The van der Waals surface area contributed by atoms with Crippen LogP contribution in [0.2, 0.25) is 5.02 Å². The highest BCUT2D eigenvalue weighted by atomic mass is 35.5. The van der Waals surface area contributed by atoms with Crippen LogP contribution in [0.4, 0.5) is 0 Å². The molecule has 0 atom stereocenters. The average Bonchev–Trinajstić information content (AvgIpc) is 2.60. The van der Waals surface area contributed by atoms with Crippen molar-refractivity contribution < 1.29 is 0 Å². The Morgan fingerprint density at radius 2 is 1.81 bits per heavy atom. The first-order valence-corrected chi connectivity index (χ1v) is 6.97. The van der Waals surface area contributed by atoms with Crippen molar-refractivity contribution >= 4 is 11.6 Å². The maximum Gasteiger partial charge on any atom is 0.0841 e. The summed E-state index contributed by atoms with van der Waals surface area (Å²) >= 11 is 6.29.